The Hall–Kier alpha value is -1.48. The first-order valence-electron chi connectivity index (χ1n) is 5.61. The van der Waals surface area contributed by atoms with Crippen LogP contribution in [0.25, 0.3) is 0 Å². The van der Waals surface area contributed by atoms with Gasteiger partial charge in [-0.15, -0.1) is 0 Å². The molecular weight excluding hydrogens is 235 g/mol. The van der Waals surface area contributed by atoms with Gasteiger partial charge in [0.25, 0.3) is 0 Å². The van der Waals surface area contributed by atoms with E-state index in [9.17, 15) is 9.50 Å². The maximum absolute atomic E-state index is 13.6. The summed E-state index contributed by atoms with van der Waals surface area (Å²) in [5.41, 5.74) is 0.805. The van der Waals surface area contributed by atoms with Crippen LogP contribution in [-0.4, -0.2) is 43.4 Å². The van der Waals surface area contributed by atoms with Crippen LogP contribution in [0.3, 0.4) is 0 Å². The minimum atomic E-state index is -0.596. The Labute approximate surface area is 106 Å². The van der Waals surface area contributed by atoms with E-state index < -0.39 is 11.9 Å². The van der Waals surface area contributed by atoms with Crippen molar-refractivity contribution in [2.24, 2.45) is 0 Å². The van der Waals surface area contributed by atoms with Gasteiger partial charge in [0.05, 0.1) is 24.3 Å². The molecule has 0 bridgehead atoms. The van der Waals surface area contributed by atoms with Crippen LogP contribution >= 0.6 is 0 Å². The lowest BCUT2D eigenvalue weighted by atomic mass is 10.1. The van der Waals surface area contributed by atoms with E-state index in [1.165, 1.54) is 13.2 Å². The molecule has 0 fully saturated rings. The lowest BCUT2D eigenvalue weighted by Gasteiger charge is -2.20. The fourth-order valence-electron chi connectivity index (χ4n) is 1.71. The molecule has 5 heteroatoms. The third-order valence-electron chi connectivity index (χ3n) is 2.50. The molecule has 0 heterocycles. The molecule has 1 N–H and O–H groups in total. The van der Waals surface area contributed by atoms with Crippen LogP contribution in [0.15, 0.2) is 18.2 Å². The van der Waals surface area contributed by atoms with Crippen LogP contribution in [0.4, 0.5) is 4.39 Å². The normalized spacial score (nSPS) is 12.4. The fourth-order valence-corrected chi connectivity index (χ4v) is 1.71. The zero-order chi connectivity index (χ0) is 13.5. The summed E-state index contributed by atoms with van der Waals surface area (Å²) < 4.78 is 18.4. The van der Waals surface area contributed by atoms with Crippen LogP contribution in [-0.2, 0) is 11.3 Å². The van der Waals surface area contributed by atoms with Gasteiger partial charge in [-0.1, -0.05) is 6.07 Å². The number of hydrogen-bond acceptors (Lipinski definition) is 4. The van der Waals surface area contributed by atoms with Gasteiger partial charge in [0.2, 0.25) is 0 Å². The highest BCUT2D eigenvalue weighted by molar-refractivity contribution is 5.32. The van der Waals surface area contributed by atoms with E-state index in [0.717, 1.165) is 0 Å². The summed E-state index contributed by atoms with van der Waals surface area (Å²) in [6.45, 7) is 1.02. The van der Waals surface area contributed by atoms with Gasteiger partial charge in [0.15, 0.2) is 0 Å². The predicted molar refractivity (Wildman–Crippen MR) is 65.3 cm³/mol. The number of rotatable bonds is 6. The lowest BCUT2D eigenvalue weighted by molar-refractivity contribution is 0.0417. The van der Waals surface area contributed by atoms with E-state index in [1.807, 2.05) is 6.07 Å². The summed E-state index contributed by atoms with van der Waals surface area (Å²) in [5, 5.41) is 18.2. The first kappa shape index (κ1) is 14.6. The number of aliphatic hydroxyl groups excluding tert-OH is 1. The molecule has 0 amide bonds. The molecule has 0 aliphatic heterocycles. The molecular formula is C13H17FN2O2. The highest BCUT2D eigenvalue weighted by Crippen LogP contribution is 2.12. The number of methoxy groups -OCH3 is 1. The first-order valence-corrected chi connectivity index (χ1v) is 5.61. The zero-order valence-electron chi connectivity index (χ0n) is 10.6. The second kappa shape index (κ2) is 7.07. The van der Waals surface area contributed by atoms with E-state index in [0.29, 0.717) is 24.2 Å². The molecule has 1 unspecified atom stereocenters. The van der Waals surface area contributed by atoms with Crippen molar-refractivity contribution in [2.75, 3.05) is 27.3 Å². The third-order valence-corrected chi connectivity index (χ3v) is 2.50. The fraction of sp³-hybridized carbons (Fsp3) is 0.462. The van der Waals surface area contributed by atoms with E-state index in [2.05, 4.69) is 0 Å². The summed E-state index contributed by atoms with van der Waals surface area (Å²) in [6, 6.07) is 6.28. The molecule has 1 aromatic carbocycles. The van der Waals surface area contributed by atoms with Crippen LogP contribution in [0.1, 0.15) is 11.1 Å². The van der Waals surface area contributed by atoms with Crippen molar-refractivity contribution >= 4 is 0 Å². The van der Waals surface area contributed by atoms with Gasteiger partial charge in [-0.25, -0.2) is 4.39 Å². The molecule has 1 aromatic rings. The molecule has 1 atom stereocenters. The monoisotopic (exact) mass is 252 g/mol. The van der Waals surface area contributed by atoms with E-state index in [-0.39, 0.29) is 6.61 Å². The second-order valence-corrected chi connectivity index (χ2v) is 4.22. The van der Waals surface area contributed by atoms with Crippen molar-refractivity contribution in [3.63, 3.8) is 0 Å². The largest absolute Gasteiger partial charge is 0.389 e. The third kappa shape index (κ3) is 4.41. The topological polar surface area (TPSA) is 56.5 Å². The van der Waals surface area contributed by atoms with Crippen LogP contribution in [0, 0.1) is 17.1 Å². The second-order valence-electron chi connectivity index (χ2n) is 4.22. The molecule has 0 radical (unpaired) electrons. The van der Waals surface area contributed by atoms with Crippen molar-refractivity contribution in [2.45, 2.75) is 12.6 Å². The highest BCUT2D eigenvalue weighted by Gasteiger charge is 2.11. The van der Waals surface area contributed by atoms with Crippen LogP contribution < -0.4 is 0 Å². The minimum Gasteiger partial charge on any atom is -0.389 e. The molecule has 4 nitrogen and oxygen atoms in total. The molecule has 0 saturated carbocycles. The predicted octanol–water partition coefficient (Wildman–Crippen LogP) is 1.14. The maximum Gasteiger partial charge on any atom is 0.129 e. The molecule has 1 rings (SSSR count). The van der Waals surface area contributed by atoms with E-state index in [1.54, 1.807) is 24.1 Å². The van der Waals surface area contributed by atoms with Crippen molar-refractivity contribution in [3.05, 3.63) is 35.1 Å². The Balaban J connectivity index is 2.59. The highest BCUT2D eigenvalue weighted by atomic mass is 19.1. The first-order chi connectivity index (χ1) is 8.56. The number of likely N-dealkylation sites (N-methyl/N-ethyl adjacent to an activating group) is 1. The number of nitrogens with zero attached hydrogens (tertiary/aromatic N) is 2. The maximum atomic E-state index is 13.6. The van der Waals surface area contributed by atoms with Gasteiger partial charge in [0, 0.05) is 25.8 Å². The summed E-state index contributed by atoms with van der Waals surface area (Å²) >= 11 is 0. The minimum absolute atomic E-state index is 0.250. The molecule has 0 aromatic heterocycles. The van der Waals surface area contributed by atoms with Crippen molar-refractivity contribution in [1.82, 2.24) is 4.90 Å². The summed E-state index contributed by atoms with van der Waals surface area (Å²) in [6.07, 6.45) is -0.596. The zero-order valence-corrected chi connectivity index (χ0v) is 10.6. The lowest BCUT2D eigenvalue weighted by Crippen LogP contribution is -2.31. The summed E-state index contributed by atoms with van der Waals surface area (Å²) in [4.78, 5) is 1.80. The number of aliphatic hydroxyl groups is 1. The summed E-state index contributed by atoms with van der Waals surface area (Å²) in [5.74, 6) is -0.401. The van der Waals surface area contributed by atoms with Gasteiger partial charge in [0.1, 0.15) is 5.82 Å². The Morgan fingerprint density at radius 3 is 2.83 bits per heavy atom. The Morgan fingerprint density at radius 2 is 2.28 bits per heavy atom. The summed E-state index contributed by atoms with van der Waals surface area (Å²) in [7, 11) is 3.31. The molecule has 0 saturated heterocycles. The van der Waals surface area contributed by atoms with Gasteiger partial charge >= 0.3 is 0 Å². The van der Waals surface area contributed by atoms with Crippen LogP contribution in [0.5, 0.6) is 0 Å². The van der Waals surface area contributed by atoms with Gasteiger partial charge in [-0.3, -0.25) is 4.90 Å². The van der Waals surface area contributed by atoms with Crippen molar-refractivity contribution in [3.8, 4) is 6.07 Å². The SMILES string of the molecule is COCC(O)CN(C)Cc1ccc(C#N)cc1F. The quantitative estimate of drug-likeness (QED) is 0.824. The standard InChI is InChI=1S/C13H17FN2O2/c1-16(8-12(17)9-18-2)7-11-4-3-10(6-15)5-13(11)14/h3-5,12,17H,7-9H2,1-2H3. The average molecular weight is 252 g/mol. The molecule has 0 spiro atoms. The number of nitriles is 1. The number of hydrogen-bond donors (Lipinski definition) is 1. The number of halogens is 1. The molecule has 0 aliphatic carbocycles. The van der Waals surface area contributed by atoms with E-state index in [4.69, 9.17) is 10.00 Å². The molecule has 98 valence electrons. The van der Waals surface area contributed by atoms with Crippen molar-refractivity contribution in [1.29, 1.82) is 5.26 Å². The van der Waals surface area contributed by atoms with Crippen LogP contribution in [0.2, 0.25) is 0 Å². The molecule has 0 aliphatic rings. The Bertz CT molecular complexity index is 431. The van der Waals surface area contributed by atoms with Gasteiger partial charge in [-0.05, 0) is 19.2 Å². The molecule has 18 heavy (non-hydrogen) atoms. The number of benzene rings is 1. The van der Waals surface area contributed by atoms with Gasteiger partial charge < -0.3 is 9.84 Å². The average Bonchev–Trinajstić information content (AvgIpc) is 2.31. The van der Waals surface area contributed by atoms with Crippen molar-refractivity contribution < 1.29 is 14.2 Å². The smallest absolute Gasteiger partial charge is 0.129 e. The van der Waals surface area contributed by atoms with E-state index >= 15 is 0 Å². The van der Waals surface area contributed by atoms with Gasteiger partial charge in [-0.2, -0.15) is 5.26 Å². The Kier molecular flexibility index (Phi) is 5.72. The number of ether oxygens (including phenoxy) is 1. The Morgan fingerprint density at radius 1 is 1.56 bits per heavy atom.